The lowest BCUT2D eigenvalue weighted by molar-refractivity contribution is -0.122. The van der Waals surface area contributed by atoms with Crippen LogP contribution in [0.4, 0.5) is 0 Å². The minimum Gasteiger partial charge on any atom is -0.497 e. The molecule has 0 bridgehead atoms. The van der Waals surface area contributed by atoms with Gasteiger partial charge in [-0.1, -0.05) is 36.8 Å². The van der Waals surface area contributed by atoms with Crippen LogP contribution in [0, 0.1) is 0 Å². The van der Waals surface area contributed by atoms with Gasteiger partial charge in [-0.15, -0.1) is 0 Å². The predicted octanol–water partition coefficient (Wildman–Crippen LogP) is 2.99. The molecule has 0 radical (unpaired) electrons. The van der Waals surface area contributed by atoms with Crippen molar-refractivity contribution in [2.75, 3.05) is 20.2 Å². The van der Waals surface area contributed by atoms with E-state index in [9.17, 15) is 13.2 Å². The maximum Gasteiger partial charge on any atom is 0.243 e. The van der Waals surface area contributed by atoms with Crippen LogP contribution in [0.1, 0.15) is 31.2 Å². The van der Waals surface area contributed by atoms with Gasteiger partial charge in [-0.2, -0.15) is 4.31 Å². The van der Waals surface area contributed by atoms with Crippen molar-refractivity contribution in [2.45, 2.75) is 43.0 Å². The maximum atomic E-state index is 13.1. The first-order chi connectivity index (χ1) is 14.0. The number of piperidine rings is 1. The van der Waals surface area contributed by atoms with Gasteiger partial charge in [0.05, 0.1) is 12.0 Å². The average Bonchev–Trinajstić information content (AvgIpc) is 2.75. The molecule has 1 N–H and O–H groups in total. The third-order valence-corrected chi connectivity index (χ3v) is 7.20. The Morgan fingerprint density at radius 2 is 1.83 bits per heavy atom. The lowest BCUT2D eigenvalue weighted by Crippen LogP contribution is -2.46. The van der Waals surface area contributed by atoms with Crippen LogP contribution in [0.2, 0.25) is 0 Å². The van der Waals surface area contributed by atoms with E-state index < -0.39 is 10.0 Å². The number of ether oxygens (including phenoxy) is 1. The number of amides is 1. The van der Waals surface area contributed by atoms with Crippen LogP contribution in [0.5, 0.6) is 5.75 Å². The maximum absolute atomic E-state index is 13.1. The molecule has 1 fully saturated rings. The number of rotatable bonds is 8. The molecule has 1 aliphatic rings. The summed E-state index contributed by atoms with van der Waals surface area (Å²) in [6.45, 7) is 0.983. The fraction of sp³-hybridized carbons (Fsp3) is 0.409. The first-order valence-electron chi connectivity index (χ1n) is 9.97. The van der Waals surface area contributed by atoms with Crippen LogP contribution in [0.25, 0.3) is 0 Å². The van der Waals surface area contributed by atoms with E-state index in [1.54, 1.807) is 31.4 Å². The molecule has 1 amide bonds. The van der Waals surface area contributed by atoms with E-state index in [4.69, 9.17) is 4.74 Å². The number of hydrogen-bond donors (Lipinski definition) is 1. The van der Waals surface area contributed by atoms with Crippen LogP contribution in [-0.2, 0) is 21.2 Å². The van der Waals surface area contributed by atoms with Gasteiger partial charge < -0.3 is 10.1 Å². The standard InChI is InChI=1S/C22H28N2O4S/c1-28-20-10-12-21(13-11-20)29(26,27)24-16-6-5-9-19(24)17-22(25)23-15-14-18-7-3-2-4-8-18/h2-4,7-8,10-13,19H,5-6,9,14-17H2,1H3,(H,23,25). The summed E-state index contributed by atoms with van der Waals surface area (Å²) in [7, 11) is -2.11. The molecule has 6 nitrogen and oxygen atoms in total. The van der Waals surface area contributed by atoms with Crippen LogP contribution in [-0.4, -0.2) is 44.9 Å². The summed E-state index contributed by atoms with van der Waals surface area (Å²) in [5.74, 6) is 0.500. The molecule has 2 aromatic rings. The molecular formula is C22H28N2O4S. The van der Waals surface area contributed by atoms with Gasteiger partial charge in [0.25, 0.3) is 0 Å². The van der Waals surface area contributed by atoms with Gasteiger partial charge in [-0.25, -0.2) is 8.42 Å². The zero-order valence-corrected chi connectivity index (χ0v) is 17.5. The highest BCUT2D eigenvalue weighted by molar-refractivity contribution is 7.89. The smallest absolute Gasteiger partial charge is 0.243 e. The van der Waals surface area contributed by atoms with E-state index in [2.05, 4.69) is 5.32 Å². The highest BCUT2D eigenvalue weighted by atomic mass is 32.2. The van der Waals surface area contributed by atoms with Gasteiger partial charge in [-0.3, -0.25) is 4.79 Å². The number of methoxy groups -OCH3 is 1. The Kier molecular flexibility index (Phi) is 7.28. The molecule has 0 saturated carbocycles. The summed E-state index contributed by atoms with van der Waals surface area (Å²) in [6, 6.07) is 16.0. The first kappa shape index (κ1) is 21.3. The van der Waals surface area contributed by atoms with Crippen molar-refractivity contribution < 1.29 is 17.9 Å². The van der Waals surface area contributed by atoms with Crippen LogP contribution < -0.4 is 10.1 Å². The van der Waals surface area contributed by atoms with Gasteiger partial charge >= 0.3 is 0 Å². The number of nitrogens with one attached hydrogen (secondary N) is 1. The Bertz CT molecular complexity index is 898. The van der Waals surface area contributed by atoms with Crippen LogP contribution in [0.3, 0.4) is 0 Å². The number of sulfonamides is 1. The van der Waals surface area contributed by atoms with Crippen molar-refractivity contribution in [3.05, 3.63) is 60.2 Å². The Hall–Kier alpha value is -2.38. The zero-order chi connectivity index (χ0) is 20.7. The predicted molar refractivity (Wildman–Crippen MR) is 112 cm³/mol. The van der Waals surface area contributed by atoms with Crippen molar-refractivity contribution in [1.29, 1.82) is 0 Å². The molecule has 0 spiro atoms. The zero-order valence-electron chi connectivity index (χ0n) is 16.7. The summed E-state index contributed by atoms with van der Waals surface area (Å²) >= 11 is 0. The SMILES string of the molecule is COc1ccc(S(=O)(=O)N2CCCCC2CC(=O)NCCc2ccccc2)cc1. The lowest BCUT2D eigenvalue weighted by atomic mass is 10.0. The van der Waals surface area contributed by atoms with Crippen molar-refractivity contribution in [2.24, 2.45) is 0 Å². The average molecular weight is 417 g/mol. The molecule has 3 rings (SSSR count). The van der Waals surface area contributed by atoms with Crippen LogP contribution >= 0.6 is 0 Å². The van der Waals surface area contributed by atoms with E-state index in [1.807, 2.05) is 30.3 Å². The first-order valence-corrected chi connectivity index (χ1v) is 11.4. The Morgan fingerprint density at radius 3 is 2.52 bits per heavy atom. The number of benzene rings is 2. The molecule has 1 unspecified atom stereocenters. The fourth-order valence-corrected chi connectivity index (χ4v) is 5.35. The van der Waals surface area contributed by atoms with Crippen molar-refractivity contribution in [3.63, 3.8) is 0 Å². The second kappa shape index (κ2) is 9.89. The molecule has 1 aliphatic heterocycles. The Balaban J connectivity index is 1.61. The van der Waals surface area contributed by atoms with E-state index in [0.29, 0.717) is 25.3 Å². The van der Waals surface area contributed by atoms with Gasteiger partial charge in [-0.05, 0) is 49.1 Å². The van der Waals surface area contributed by atoms with Gasteiger partial charge in [0.1, 0.15) is 5.75 Å². The molecule has 7 heteroatoms. The molecule has 1 atom stereocenters. The van der Waals surface area contributed by atoms with Crippen molar-refractivity contribution in [3.8, 4) is 5.75 Å². The van der Waals surface area contributed by atoms with E-state index in [1.165, 1.54) is 4.31 Å². The third kappa shape index (κ3) is 5.58. The van der Waals surface area contributed by atoms with E-state index in [0.717, 1.165) is 24.8 Å². The monoisotopic (exact) mass is 416 g/mol. The molecule has 29 heavy (non-hydrogen) atoms. The Labute approximate surface area is 172 Å². The van der Waals surface area contributed by atoms with E-state index in [-0.39, 0.29) is 23.3 Å². The van der Waals surface area contributed by atoms with Crippen molar-refractivity contribution in [1.82, 2.24) is 9.62 Å². The molecule has 1 heterocycles. The number of nitrogens with zero attached hydrogens (tertiary/aromatic N) is 1. The minimum atomic E-state index is -3.65. The quantitative estimate of drug-likeness (QED) is 0.718. The normalized spacial score (nSPS) is 17.6. The molecule has 0 aliphatic carbocycles. The highest BCUT2D eigenvalue weighted by Gasteiger charge is 2.34. The van der Waals surface area contributed by atoms with Crippen molar-refractivity contribution >= 4 is 15.9 Å². The minimum absolute atomic E-state index is 0.109. The summed E-state index contributed by atoms with van der Waals surface area (Å²) in [4.78, 5) is 12.7. The lowest BCUT2D eigenvalue weighted by Gasteiger charge is -2.34. The number of carbonyl (C=O) groups is 1. The van der Waals surface area contributed by atoms with Gasteiger partial charge in [0, 0.05) is 25.6 Å². The second-order valence-electron chi connectivity index (χ2n) is 7.23. The molecule has 1 saturated heterocycles. The summed E-state index contributed by atoms with van der Waals surface area (Å²) in [5, 5.41) is 2.93. The van der Waals surface area contributed by atoms with Gasteiger partial charge in [0.15, 0.2) is 0 Å². The largest absolute Gasteiger partial charge is 0.497 e. The molecule has 156 valence electrons. The summed E-state index contributed by atoms with van der Waals surface area (Å²) in [5.41, 5.74) is 1.16. The molecule has 2 aromatic carbocycles. The summed E-state index contributed by atoms with van der Waals surface area (Å²) in [6.07, 6.45) is 3.37. The second-order valence-corrected chi connectivity index (χ2v) is 9.12. The van der Waals surface area contributed by atoms with E-state index >= 15 is 0 Å². The van der Waals surface area contributed by atoms with Crippen LogP contribution in [0.15, 0.2) is 59.5 Å². The third-order valence-electron chi connectivity index (χ3n) is 5.24. The summed E-state index contributed by atoms with van der Waals surface area (Å²) < 4.78 is 32.9. The highest BCUT2D eigenvalue weighted by Crippen LogP contribution is 2.28. The molecular weight excluding hydrogens is 388 g/mol. The number of carbonyl (C=O) groups excluding carboxylic acids is 1. The van der Waals surface area contributed by atoms with Gasteiger partial charge in [0.2, 0.25) is 15.9 Å². The topological polar surface area (TPSA) is 75.7 Å². The number of hydrogen-bond acceptors (Lipinski definition) is 4. The fourth-order valence-electron chi connectivity index (χ4n) is 3.65. The molecule has 0 aromatic heterocycles. The Morgan fingerprint density at radius 1 is 1.10 bits per heavy atom.